The lowest BCUT2D eigenvalue weighted by atomic mass is 10.3. The van der Waals surface area contributed by atoms with Crippen molar-refractivity contribution in [2.24, 2.45) is 0 Å². The Labute approximate surface area is 130 Å². The molecule has 0 aliphatic carbocycles. The van der Waals surface area contributed by atoms with Gasteiger partial charge in [-0.15, -0.1) is 11.3 Å². The first-order valence-electron chi connectivity index (χ1n) is 7.11. The fourth-order valence-electron chi connectivity index (χ4n) is 1.69. The Balaban J connectivity index is 2.73. The quantitative estimate of drug-likeness (QED) is 0.609. The Morgan fingerprint density at radius 1 is 1.38 bits per heavy atom. The van der Waals surface area contributed by atoms with Crippen molar-refractivity contribution in [1.29, 1.82) is 0 Å². The van der Waals surface area contributed by atoms with Gasteiger partial charge in [0.2, 0.25) is 0 Å². The lowest BCUT2D eigenvalue weighted by Crippen LogP contribution is -2.23. The number of nitrogen functional groups attached to an aromatic ring is 1. The van der Waals surface area contributed by atoms with Gasteiger partial charge in [0, 0.05) is 13.1 Å². The molecule has 0 spiro atoms. The lowest BCUT2D eigenvalue weighted by molar-refractivity contribution is 0.0870. The number of rotatable bonds is 9. The number of nitrogens with two attached hydrogens (primary N) is 1. The van der Waals surface area contributed by atoms with Crippen LogP contribution in [0.4, 0.5) is 10.7 Å². The third kappa shape index (κ3) is 5.09. The van der Waals surface area contributed by atoms with Crippen LogP contribution in [0.2, 0.25) is 0 Å². The minimum atomic E-state index is -0.163. The minimum Gasteiger partial charge on any atom is -0.492 e. The van der Waals surface area contributed by atoms with E-state index in [0.717, 1.165) is 11.4 Å². The fraction of sp³-hybridized carbons (Fsp3) is 0.643. The number of carbonyl (C=O) groups is 1. The van der Waals surface area contributed by atoms with E-state index in [9.17, 15) is 4.79 Å². The number of methoxy groups -OCH3 is 1. The Bertz CT molecular complexity index is 461. The molecule has 1 amide bonds. The summed E-state index contributed by atoms with van der Waals surface area (Å²) in [4.78, 5) is 12.5. The van der Waals surface area contributed by atoms with Crippen molar-refractivity contribution in [3.8, 4) is 5.75 Å². The average Bonchev–Trinajstić information content (AvgIpc) is 2.77. The zero-order valence-electron chi connectivity index (χ0n) is 13.1. The van der Waals surface area contributed by atoms with Crippen LogP contribution in [0.15, 0.2) is 0 Å². The highest BCUT2D eigenvalue weighted by molar-refractivity contribution is 7.19. The molecule has 21 heavy (non-hydrogen) atoms. The van der Waals surface area contributed by atoms with E-state index < -0.39 is 0 Å². The standard InChI is InChI=1S/C14H25N3O3S/c1-5-6-16-13(18)12-10(15)11(19-4)14(21-12)17-7-8-20-9(2)3/h9,17H,5-8,15H2,1-4H3,(H,16,18). The van der Waals surface area contributed by atoms with Gasteiger partial charge in [-0.2, -0.15) is 0 Å². The molecule has 0 saturated heterocycles. The highest BCUT2D eigenvalue weighted by Crippen LogP contribution is 2.42. The van der Waals surface area contributed by atoms with Crippen molar-refractivity contribution in [2.45, 2.75) is 33.3 Å². The van der Waals surface area contributed by atoms with E-state index in [2.05, 4.69) is 10.6 Å². The highest BCUT2D eigenvalue weighted by Gasteiger charge is 2.21. The number of ether oxygens (including phenoxy) is 2. The first-order chi connectivity index (χ1) is 10.0. The number of hydrogen-bond acceptors (Lipinski definition) is 6. The second-order valence-corrected chi connectivity index (χ2v) is 5.83. The molecule has 0 unspecified atom stereocenters. The summed E-state index contributed by atoms with van der Waals surface area (Å²) in [5, 5.41) is 6.77. The molecule has 120 valence electrons. The van der Waals surface area contributed by atoms with Gasteiger partial charge >= 0.3 is 0 Å². The van der Waals surface area contributed by atoms with Crippen molar-refractivity contribution < 1.29 is 14.3 Å². The number of nitrogens with one attached hydrogen (secondary N) is 2. The molecule has 1 rings (SSSR count). The van der Waals surface area contributed by atoms with Gasteiger partial charge in [-0.3, -0.25) is 4.79 Å². The van der Waals surface area contributed by atoms with E-state index in [0.29, 0.717) is 36.0 Å². The lowest BCUT2D eigenvalue weighted by Gasteiger charge is -2.09. The maximum Gasteiger partial charge on any atom is 0.263 e. The summed E-state index contributed by atoms with van der Waals surface area (Å²) in [7, 11) is 1.54. The van der Waals surface area contributed by atoms with E-state index in [1.165, 1.54) is 11.3 Å². The van der Waals surface area contributed by atoms with Crippen molar-refractivity contribution >= 4 is 27.9 Å². The van der Waals surface area contributed by atoms with Crippen LogP contribution in [0.5, 0.6) is 5.75 Å². The van der Waals surface area contributed by atoms with Crippen molar-refractivity contribution in [1.82, 2.24) is 5.32 Å². The molecule has 0 atom stereocenters. The van der Waals surface area contributed by atoms with Gasteiger partial charge in [-0.1, -0.05) is 6.92 Å². The van der Waals surface area contributed by atoms with Crippen LogP contribution in [-0.4, -0.2) is 38.8 Å². The highest BCUT2D eigenvalue weighted by atomic mass is 32.1. The Kier molecular flexibility index (Phi) is 7.31. The third-order valence-corrected chi connectivity index (χ3v) is 3.83. The predicted octanol–water partition coefficient (Wildman–Crippen LogP) is 2.32. The Morgan fingerprint density at radius 2 is 2.10 bits per heavy atom. The Hall–Kier alpha value is -1.47. The maximum absolute atomic E-state index is 12.0. The SMILES string of the molecule is CCCNC(=O)c1sc(NCCOC(C)C)c(OC)c1N. The second kappa shape index (κ2) is 8.74. The van der Waals surface area contributed by atoms with Gasteiger partial charge in [0.15, 0.2) is 5.75 Å². The van der Waals surface area contributed by atoms with E-state index in [1.807, 2.05) is 20.8 Å². The molecule has 7 heteroatoms. The molecule has 0 saturated carbocycles. The van der Waals surface area contributed by atoms with Crippen LogP contribution in [0.1, 0.15) is 36.9 Å². The minimum absolute atomic E-state index is 0.163. The molecule has 6 nitrogen and oxygen atoms in total. The van der Waals surface area contributed by atoms with Crippen LogP contribution in [0.3, 0.4) is 0 Å². The normalized spacial score (nSPS) is 10.7. The topological polar surface area (TPSA) is 85.6 Å². The molecule has 1 heterocycles. The molecule has 0 aliphatic heterocycles. The van der Waals surface area contributed by atoms with E-state index in [-0.39, 0.29) is 12.0 Å². The van der Waals surface area contributed by atoms with Crippen LogP contribution in [0.25, 0.3) is 0 Å². The number of carbonyl (C=O) groups excluding carboxylic acids is 1. The Morgan fingerprint density at radius 3 is 2.67 bits per heavy atom. The van der Waals surface area contributed by atoms with E-state index >= 15 is 0 Å². The molecular formula is C14H25N3O3S. The summed E-state index contributed by atoms with van der Waals surface area (Å²) >= 11 is 1.30. The monoisotopic (exact) mass is 315 g/mol. The van der Waals surface area contributed by atoms with Crippen molar-refractivity contribution in [3.05, 3.63) is 4.88 Å². The number of amides is 1. The van der Waals surface area contributed by atoms with Gasteiger partial charge in [0.05, 0.1) is 19.8 Å². The van der Waals surface area contributed by atoms with Crippen LogP contribution in [-0.2, 0) is 4.74 Å². The second-order valence-electron chi connectivity index (χ2n) is 4.81. The molecule has 0 radical (unpaired) electrons. The molecule has 0 fully saturated rings. The average molecular weight is 315 g/mol. The largest absolute Gasteiger partial charge is 0.492 e. The van der Waals surface area contributed by atoms with Gasteiger partial charge in [0.1, 0.15) is 15.6 Å². The maximum atomic E-state index is 12.0. The first-order valence-corrected chi connectivity index (χ1v) is 7.92. The predicted molar refractivity (Wildman–Crippen MR) is 87.5 cm³/mol. The molecule has 1 aromatic heterocycles. The molecule has 4 N–H and O–H groups in total. The summed E-state index contributed by atoms with van der Waals surface area (Å²) in [6.07, 6.45) is 1.07. The van der Waals surface area contributed by atoms with Crippen molar-refractivity contribution in [2.75, 3.05) is 37.9 Å². The van der Waals surface area contributed by atoms with Gasteiger partial charge in [-0.05, 0) is 20.3 Å². The van der Waals surface area contributed by atoms with E-state index in [1.54, 1.807) is 7.11 Å². The summed E-state index contributed by atoms with van der Waals surface area (Å²) in [6, 6.07) is 0. The first kappa shape index (κ1) is 17.6. The smallest absolute Gasteiger partial charge is 0.263 e. The fourth-order valence-corrected chi connectivity index (χ4v) is 2.73. The van der Waals surface area contributed by atoms with Gasteiger partial charge in [-0.25, -0.2) is 0 Å². The molecular weight excluding hydrogens is 290 g/mol. The number of thiophene rings is 1. The summed E-state index contributed by atoms with van der Waals surface area (Å²) in [5.74, 6) is 0.357. The zero-order chi connectivity index (χ0) is 15.8. The molecule has 0 aromatic carbocycles. The summed E-state index contributed by atoms with van der Waals surface area (Å²) in [5.41, 5.74) is 6.37. The third-order valence-electron chi connectivity index (χ3n) is 2.68. The number of hydrogen-bond donors (Lipinski definition) is 3. The molecule has 0 aliphatic rings. The van der Waals surface area contributed by atoms with Gasteiger partial charge in [0.25, 0.3) is 5.91 Å². The van der Waals surface area contributed by atoms with Crippen LogP contribution < -0.4 is 21.1 Å². The van der Waals surface area contributed by atoms with E-state index in [4.69, 9.17) is 15.2 Å². The van der Waals surface area contributed by atoms with Gasteiger partial charge < -0.3 is 25.8 Å². The summed E-state index contributed by atoms with van der Waals surface area (Å²) < 4.78 is 10.8. The van der Waals surface area contributed by atoms with Crippen molar-refractivity contribution in [3.63, 3.8) is 0 Å². The number of anilines is 2. The zero-order valence-corrected chi connectivity index (χ0v) is 13.9. The summed E-state index contributed by atoms with van der Waals surface area (Å²) in [6.45, 7) is 7.81. The molecule has 1 aromatic rings. The van der Waals surface area contributed by atoms with Crippen LogP contribution >= 0.6 is 11.3 Å². The van der Waals surface area contributed by atoms with Crippen LogP contribution in [0, 0.1) is 0 Å². The molecule has 0 bridgehead atoms.